The molecule has 6 heteroatoms. The molecule has 0 bridgehead atoms. The first kappa shape index (κ1) is 15.4. The molecule has 1 heterocycles. The maximum atomic E-state index is 6.28. The van der Waals surface area contributed by atoms with E-state index in [1.165, 1.54) is 0 Å². The Morgan fingerprint density at radius 2 is 2.00 bits per heavy atom. The topological polar surface area (TPSA) is 59.1 Å². The molecule has 0 saturated carbocycles. The maximum Gasteiger partial charge on any atom is 0.0835 e. The van der Waals surface area contributed by atoms with Gasteiger partial charge in [-0.2, -0.15) is 5.10 Å². The van der Waals surface area contributed by atoms with Crippen LogP contribution in [0.2, 0.25) is 5.02 Å². The third kappa shape index (κ3) is 2.69. The highest BCUT2D eigenvalue weighted by Crippen LogP contribution is 2.34. The van der Waals surface area contributed by atoms with Crippen molar-refractivity contribution in [3.05, 3.63) is 16.9 Å². The van der Waals surface area contributed by atoms with E-state index in [1.54, 1.807) is 6.20 Å². The molecule has 0 saturated heterocycles. The van der Waals surface area contributed by atoms with Gasteiger partial charge in [-0.3, -0.25) is 10.5 Å². The quantitative estimate of drug-likeness (QED) is 0.636. The minimum Gasteiger partial charge on any atom is -0.302 e. The SMILES string of the molecule is CC(C)n1ncc(Cl)c1C(NN)C(C)(C)N(C)C. The fraction of sp³-hybridized carbons (Fsp3) is 0.750. The van der Waals surface area contributed by atoms with Crippen molar-refractivity contribution in [3.8, 4) is 0 Å². The molecule has 1 aromatic heterocycles. The van der Waals surface area contributed by atoms with Crippen molar-refractivity contribution in [2.45, 2.75) is 45.3 Å². The van der Waals surface area contributed by atoms with Crippen molar-refractivity contribution in [2.75, 3.05) is 14.1 Å². The number of likely N-dealkylation sites (N-methyl/N-ethyl adjacent to an activating group) is 1. The lowest BCUT2D eigenvalue weighted by Gasteiger charge is -2.40. The first-order valence-electron chi connectivity index (χ1n) is 6.10. The van der Waals surface area contributed by atoms with Crippen LogP contribution in [0.15, 0.2) is 6.20 Å². The van der Waals surface area contributed by atoms with Gasteiger partial charge in [0.05, 0.1) is 23.0 Å². The van der Waals surface area contributed by atoms with E-state index in [1.807, 2.05) is 18.8 Å². The Labute approximate surface area is 114 Å². The highest BCUT2D eigenvalue weighted by molar-refractivity contribution is 6.31. The van der Waals surface area contributed by atoms with Crippen LogP contribution in [0.5, 0.6) is 0 Å². The lowest BCUT2D eigenvalue weighted by Crippen LogP contribution is -2.52. The number of halogens is 1. The second-order valence-corrected chi connectivity index (χ2v) is 5.97. The van der Waals surface area contributed by atoms with Gasteiger partial charge >= 0.3 is 0 Å². The van der Waals surface area contributed by atoms with Crippen LogP contribution in [-0.4, -0.2) is 34.3 Å². The van der Waals surface area contributed by atoms with Crippen LogP contribution in [-0.2, 0) is 0 Å². The van der Waals surface area contributed by atoms with Gasteiger partial charge < -0.3 is 4.90 Å². The molecule has 1 unspecified atom stereocenters. The minimum atomic E-state index is -0.189. The van der Waals surface area contributed by atoms with E-state index in [0.717, 1.165) is 5.69 Å². The molecule has 0 spiro atoms. The fourth-order valence-electron chi connectivity index (χ4n) is 1.91. The number of nitrogens with zero attached hydrogens (tertiary/aromatic N) is 3. The number of nitrogens with two attached hydrogens (primary N) is 1. The van der Waals surface area contributed by atoms with Gasteiger partial charge in [-0.15, -0.1) is 0 Å². The van der Waals surface area contributed by atoms with Crippen molar-refractivity contribution in [3.63, 3.8) is 0 Å². The molecule has 1 aromatic rings. The molecule has 0 aliphatic heterocycles. The lowest BCUT2D eigenvalue weighted by atomic mass is 9.91. The molecular formula is C12H24ClN5. The molecule has 0 fully saturated rings. The standard InChI is InChI=1S/C12H24ClN5/c1-8(2)18-10(9(13)7-15-18)11(16-14)12(3,4)17(5)6/h7-8,11,16H,14H2,1-6H3. The summed E-state index contributed by atoms with van der Waals surface area (Å²) >= 11 is 6.28. The van der Waals surface area contributed by atoms with Gasteiger partial charge in [0.25, 0.3) is 0 Å². The van der Waals surface area contributed by atoms with Crippen molar-refractivity contribution >= 4 is 11.6 Å². The molecule has 0 aromatic carbocycles. The highest BCUT2D eigenvalue weighted by Gasteiger charge is 2.36. The predicted octanol–water partition coefficient (Wildman–Crippen LogP) is 1.96. The van der Waals surface area contributed by atoms with E-state index in [-0.39, 0.29) is 17.6 Å². The summed E-state index contributed by atoms with van der Waals surface area (Å²) in [6.07, 6.45) is 1.67. The van der Waals surface area contributed by atoms with E-state index < -0.39 is 0 Å². The molecule has 5 nitrogen and oxygen atoms in total. The van der Waals surface area contributed by atoms with Gasteiger partial charge in [0, 0.05) is 11.6 Å². The third-order valence-corrected chi connectivity index (χ3v) is 3.87. The zero-order valence-corrected chi connectivity index (χ0v) is 12.8. The largest absolute Gasteiger partial charge is 0.302 e. The Bertz CT molecular complexity index is 397. The summed E-state index contributed by atoms with van der Waals surface area (Å²) < 4.78 is 1.91. The molecule has 0 aliphatic carbocycles. The summed E-state index contributed by atoms with van der Waals surface area (Å²) in [5.74, 6) is 5.75. The lowest BCUT2D eigenvalue weighted by molar-refractivity contribution is 0.132. The molecule has 1 atom stereocenters. The Hall–Kier alpha value is -0.620. The normalized spacial score (nSPS) is 14.6. The number of hydrogen-bond acceptors (Lipinski definition) is 4. The summed E-state index contributed by atoms with van der Waals surface area (Å²) in [5, 5.41) is 4.97. The highest BCUT2D eigenvalue weighted by atomic mass is 35.5. The summed E-state index contributed by atoms with van der Waals surface area (Å²) in [7, 11) is 4.04. The van der Waals surface area contributed by atoms with E-state index in [4.69, 9.17) is 17.4 Å². The van der Waals surface area contributed by atoms with Gasteiger partial charge in [-0.25, -0.2) is 5.43 Å². The summed E-state index contributed by atoms with van der Waals surface area (Å²) in [5.41, 5.74) is 3.61. The molecule has 18 heavy (non-hydrogen) atoms. The van der Waals surface area contributed by atoms with E-state index >= 15 is 0 Å². The smallest absolute Gasteiger partial charge is 0.0835 e. The number of aromatic nitrogens is 2. The van der Waals surface area contributed by atoms with Crippen molar-refractivity contribution in [1.82, 2.24) is 20.1 Å². The molecule has 0 aliphatic rings. The van der Waals surface area contributed by atoms with Crippen LogP contribution in [0.4, 0.5) is 0 Å². The Kier molecular flexibility index (Phi) is 4.78. The van der Waals surface area contributed by atoms with Crippen LogP contribution in [0.25, 0.3) is 0 Å². The maximum absolute atomic E-state index is 6.28. The number of rotatable bonds is 5. The zero-order valence-electron chi connectivity index (χ0n) is 12.0. The number of hydrazine groups is 1. The van der Waals surface area contributed by atoms with Gasteiger partial charge in [-0.05, 0) is 41.8 Å². The van der Waals surface area contributed by atoms with Gasteiger partial charge in [-0.1, -0.05) is 11.6 Å². The summed E-state index contributed by atoms with van der Waals surface area (Å²) in [4.78, 5) is 2.12. The van der Waals surface area contributed by atoms with E-state index in [0.29, 0.717) is 5.02 Å². The van der Waals surface area contributed by atoms with E-state index in [9.17, 15) is 0 Å². The molecule has 0 radical (unpaired) electrons. The summed E-state index contributed by atoms with van der Waals surface area (Å²) in [6, 6.07) is 0.131. The molecule has 104 valence electrons. The van der Waals surface area contributed by atoms with Crippen LogP contribution >= 0.6 is 11.6 Å². The average Bonchev–Trinajstić information content (AvgIpc) is 2.61. The Morgan fingerprint density at radius 3 is 2.39 bits per heavy atom. The van der Waals surface area contributed by atoms with Crippen LogP contribution in [0.3, 0.4) is 0 Å². The molecule has 3 N–H and O–H groups in total. The van der Waals surface area contributed by atoms with Crippen LogP contribution in [0, 0.1) is 0 Å². The second kappa shape index (κ2) is 5.57. The first-order valence-corrected chi connectivity index (χ1v) is 6.47. The zero-order chi connectivity index (χ0) is 14.1. The van der Waals surface area contributed by atoms with Crippen LogP contribution in [0.1, 0.15) is 45.5 Å². The molecular weight excluding hydrogens is 250 g/mol. The monoisotopic (exact) mass is 273 g/mol. The first-order chi connectivity index (χ1) is 8.23. The van der Waals surface area contributed by atoms with Crippen molar-refractivity contribution in [1.29, 1.82) is 0 Å². The molecule has 1 rings (SSSR count). The van der Waals surface area contributed by atoms with Gasteiger partial charge in [0.1, 0.15) is 0 Å². The van der Waals surface area contributed by atoms with Crippen LogP contribution < -0.4 is 11.3 Å². The Morgan fingerprint density at radius 1 is 1.44 bits per heavy atom. The number of hydrogen-bond donors (Lipinski definition) is 2. The van der Waals surface area contributed by atoms with Crippen molar-refractivity contribution in [2.24, 2.45) is 5.84 Å². The Balaban J connectivity index is 3.29. The van der Waals surface area contributed by atoms with Gasteiger partial charge in [0.2, 0.25) is 0 Å². The van der Waals surface area contributed by atoms with Crippen molar-refractivity contribution < 1.29 is 0 Å². The predicted molar refractivity (Wildman–Crippen MR) is 75.5 cm³/mol. The van der Waals surface area contributed by atoms with Gasteiger partial charge in [0.15, 0.2) is 0 Å². The summed E-state index contributed by atoms with van der Waals surface area (Å²) in [6.45, 7) is 8.38. The third-order valence-electron chi connectivity index (χ3n) is 3.58. The minimum absolute atomic E-state index is 0.107. The number of nitrogens with one attached hydrogen (secondary N) is 1. The molecule has 0 amide bonds. The average molecular weight is 274 g/mol. The van der Waals surface area contributed by atoms with E-state index in [2.05, 4.69) is 43.1 Å². The fourth-order valence-corrected chi connectivity index (χ4v) is 2.15. The second-order valence-electron chi connectivity index (χ2n) is 5.56.